The third kappa shape index (κ3) is 6.26. The molecule has 36 heavy (non-hydrogen) atoms. The lowest BCUT2D eigenvalue weighted by Crippen LogP contribution is -2.25. The number of benzene rings is 2. The summed E-state index contributed by atoms with van der Waals surface area (Å²) in [5.41, 5.74) is 2.55. The van der Waals surface area contributed by atoms with E-state index in [1.165, 1.54) is 0 Å². The summed E-state index contributed by atoms with van der Waals surface area (Å²) >= 11 is 0. The Morgan fingerprint density at radius 1 is 0.694 bits per heavy atom. The number of nitrogens with zero attached hydrogens (tertiary/aromatic N) is 3. The van der Waals surface area contributed by atoms with Crippen molar-refractivity contribution >= 4 is 33.7 Å². The van der Waals surface area contributed by atoms with E-state index in [0.717, 1.165) is 73.9 Å². The highest BCUT2D eigenvalue weighted by Gasteiger charge is 2.21. The van der Waals surface area contributed by atoms with Gasteiger partial charge in [0.15, 0.2) is 0 Å². The molecule has 0 bridgehead atoms. The van der Waals surface area contributed by atoms with Crippen LogP contribution >= 0.6 is 0 Å². The van der Waals surface area contributed by atoms with E-state index in [9.17, 15) is 9.59 Å². The van der Waals surface area contributed by atoms with Gasteiger partial charge in [-0.1, -0.05) is 52.0 Å². The zero-order chi connectivity index (χ0) is 26.1. The SMILES string of the molecule is CCN(CC)CCCOC(=O)c1cccc2c3cccc(C(=O)OCCCN(CC)CC)c3n(C)c12. The van der Waals surface area contributed by atoms with Crippen LogP contribution in [0.2, 0.25) is 0 Å². The highest BCUT2D eigenvalue weighted by Crippen LogP contribution is 2.33. The molecule has 0 aliphatic heterocycles. The number of ether oxygens (including phenoxy) is 2. The Kier molecular flexibility index (Phi) is 10.3. The molecular weight excluding hydrogens is 454 g/mol. The number of fused-ring (bicyclic) bond motifs is 3. The minimum Gasteiger partial charge on any atom is -0.462 e. The summed E-state index contributed by atoms with van der Waals surface area (Å²) in [7, 11) is 1.89. The van der Waals surface area contributed by atoms with E-state index in [0.29, 0.717) is 24.3 Å². The van der Waals surface area contributed by atoms with Crippen LogP contribution in [0.15, 0.2) is 36.4 Å². The normalized spacial score (nSPS) is 11.6. The van der Waals surface area contributed by atoms with Crippen molar-refractivity contribution in [1.29, 1.82) is 0 Å². The quantitative estimate of drug-likeness (QED) is 0.229. The van der Waals surface area contributed by atoms with Crippen LogP contribution in [-0.4, -0.2) is 78.8 Å². The Hall–Kier alpha value is -2.90. The Bertz CT molecular complexity index is 1070. The molecule has 1 heterocycles. The second kappa shape index (κ2) is 13.4. The van der Waals surface area contributed by atoms with Crippen LogP contribution in [0, 0.1) is 0 Å². The molecule has 0 N–H and O–H groups in total. The van der Waals surface area contributed by atoms with Gasteiger partial charge in [-0.25, -0.2) is 9.59 Å². The monoisotopic (exact) mass is 495 g/mol. The van der Waals surface area contributed by atoms with Crippen molar-refractivity contribution in [3.05, 3.63) is 47.5 Å². The second-order valence-electron chi connectivity index (χ2n) is 9.00. The summed E-state index contributed by atoms with van der Waals surface area (Å²) in [6.07, 6.45) is 1.59. The van der Waals surface area contributed by atoms with Gasteiger partial charge in [-0.05, 0) is 51.2 Å². The molecule has 7 heteroatoms. The zero-order valence-corrected chi connectivity index (χ0v) is 22.5. The van der Waals surface area contributed by atoms with Gasteiger partial charge in [0.25, 0.3) is 0 Å². The Balaban J connectivity index is 1.80. The molecule has 0 unspecified atom stereocenters. The number of aromatic nitrogens is 1. The van der Waals surface area contributed by atoms with Crippen LogP contribution in [0.4, 0.5) is 0 Å². The molecule has 0 radical (unpaired) electrons. The first-order valence-electron chi connectivity index (χ1n) is 13.3. The largest absolute Gasteiger partial charge is 0.462 e. The Labute approximate surface area is 214 Å². The number of carbonyl (C=O) groups is 2. The van der Waals surface area contributed by atoms with Gasteiger partial charge >= 0.3 is 11.9 Å². The molecule has 3 rings (SSSR count). The summed E-state index contributed by atoms with van der Waals surface area (Å²) in [6, 6.07) is 11.3. The van der Waals surface area contributed by atoms with Crippen molar-refractivity contribution in [1.82, 2.24) is 14.4 Å². The smallest absolute Gasteiger partial charge is 0.340 e. The van der Waals surface area contributed by atoms with E-state index < -0.39 is 0 Å². The van der Waals surface area contributed by atoms with Crippen molar-refractivity contribution in [2.45, 2.75) is 40.5 Å². The van der Waals surface area contributed by atoms with Gasteiger partial charge in [0, 0.05) is 30.9 Å². The summed E-state index contributed by atoms with van der Waals surface area (Å²) in [6.45, 7) is 15.0. The average Bonchev–Trinajstić information content (AvgIpc) is 3.20. The van der Waals surface area contributed by atoms with E-state index in [-0.39, 0.29) is 11.9 Å². The summed E-state index contributed by atoms with van der Waals surface area (Å²) in [4.78, 5) is 30.7. The predicted octanol–water partition coefficient (Wildman–Crippen LogP) is 5.11. The van der Waals surface area contributed by atoms with Gasteiger partial charge in [0.05, 0.1) is 35.4 Å². The van der Waals surface area contributed by atoms with E-state index in [1.807, 2.05) is 35.9 Å². The topological polar surface area (TPSA) is 64.0 Å². The number of aryl methyl sites for hydroxylation is 1. The van der Waals surface area contributed by atoms with Crippen molar-refractivity contribution in [3.8, 4) is 0 Å². The van der Waals surface area contributed by atoms with Crippen LogP contribution in [0.1, 0.15) is 61.3 Å². The van der Waals surface area contributed by atoms with Gasteiger partial charge in [-0.15, -0.1) is 0 Å². The molecule has 0 saturated heterocycles. The molecule has 0 spiro atoms. The first-order chi connectivity index (χ1) is 17.5. The molecule has 0 amide bonds. The molecule has 2 aromatic carbocycles. The van der Waals surface area contributed by atoms with Crippen molar-refractivity contribution in [2.75, 3.05) is 52.5 Å². The number of para-hydroxylation sites is 2. The van der Waals surface area contributed by atoms with E-state index in [4.69, 9.17) is 9.47 Å². The Morgan fingerprint density at radius 3 is 1.44 bits per heavy atom. The molecular formula is C29H41N3O4. The average molecular weight is 496 g/mol. The van der Waals surface area contributed by atoms with Crippen LogP contribution < -0.4 is 0 Å². The highest BCUT2D eigenvalue weighted by molar-refractivity contribution is 6.18. The highest BCUT2D eigenvalue weighted by atomic mass is 16.5. The van der Waals surface area contributed by atoms with E-state index in [2.05, 4.69) is 37.5 Å². The number of rotatable bonds is 14. The van der Waals surface area contributed by atoms with Crippen molar-refractivity contribution in [3.63, 3.8) is 0 Å². The molecule has 0 saturated carbocycles. The van der Waals surface area contributed by atoms with Crippen LogP contribution in [-0.2, 0) is 16.5 Å². The summed E-state index contributed by atoms with van der Waals surface area (Å²) < 4.78 is 13.2. The van der Waals surface area contributed by atoms with E-state index in [1.54, 1.807) is 12.1 Å². The predicted molar refractivity (Wildman–Crippen MR) is 146 cm³/mol. The van der Waals surface area contributed by atoms with Gasteiger partial charge in [0.1, 0.15) is 0 Å². The fourth-order valence-corrected chi connectivity index (χ4v) is 4.83. The zero-order valence-electron chi connectivity index (χ0n) is 22.5. The minimum absolute atomic E-state index is 0.341. The fourth-order valence-electron chi connectivity index (χ4n) is 4.83. The number of esters is 2. The number of carbonyl (C=O) groups excluding carboxylic acids is 2. The summed E-state index contributed by atoms with van der Waals surface area (Å²) in [5, 5.41) is 1.84. The molecule has 7 nitrogen and oxygen atoms in total. The van der Waals surface area contributed by atoms with E-state index >= 15 is 0 Å². The molecule has 3 aromatic rings. The lowest BCUT2D eigenvalue weighted by Gasteiger charge is -2.17. The van der Waals surface area contributed by atoms with Gasteiger partial charge in [-0.3, -0.25) is 0 Å². The third-order valence-corrected chi connectivity index (χ3v) is 6.97. The maximum absolute atomic E-state index is 13.0. The molecule has 1 aromatic heterocycles. The Morgan fingerprint density at radius 2 is 1.08 bits per heavy atom. The molecule has 0 atom stereocenters. The molecule has 0 fully saturated rings. The van der Waals surface area contributed by atoms with Crippen LogP contribution in [0.3, 0.4) is 0 Å². The number of hydrogen-bond donors (Lipinski definition) is 0. The number of hydrogen-bond acceptors (Lipinski definition) is 6. The van der Waals surface area contributed by atoms with Gasteiger partial charge in [0.2, 0.25) is 0 Å². The molecule has 196 valence electrons. The summed E-state index contributed by atoms with van der Waals surface area (Å²) in [5.74, 6) is -0.682. The first kappa shape index (κ1) is 27.7. The first-order valence-corrected chi connectivity index (χ1v) is 13.3. The standard InChI is InChI=1S/C29H41N3O4/c1-6-31(7-2)18-12-20-35-28(33)24-16-10-14-22-23-15-11-17-25(27(23)30(5)26(22)24)29(34)36-21-13-19-32(8-3)9-4/h10-11,14-17H,6-9,12-13,18-21H2,1-5H3. The lowest BCUT2D eigenvalue weighted by atomic mass is 10.1. The second-order valence-corrected chi connectivity index (χ2v) is 9.00. The molecule has 0 aliphatic carbocycles. The van der Waals surface area contributed by atoms with Gasteiger partial charge in [-0.2, -0.15) is 0 Å². The van der Waals surface area contributed by atoms with Gasteiger partial charge < -0.3 is 23.8 Å². The maximum atomic E-state index is 13.0. The van der Waals surface area contributed by atoms with Crippen LogP contribution in [0.25, 0.3) is 21.8 Å². The molecule has 0 aliphatic rings. The third-order valence-electron chi connectivity index (χ3n) is 6.97. The minimum atomic E-state index is -0.341. The van der Waals surface area contributed by atoms with Crippen molar-refractivity contribution < 1.29 is 19.1 Å². The van der Waals surface area contributed by atoms with Crippen LogP contribution in [0.5, 0.6) is 0 Å². The maximum Gasteiger partial charge on any atom is 0.340 e. The fraction of sp³-hybridized carbons (Fsp3) is 0.517. The van der Waals surface area contributed by atoms with Crippen molar-refractivity contribution in [2.24, 2.45) is 7.05 Å². The lowest BCUT2D eigenvalue weighted by molar-refractivity contribution is 0.0483.